The van der Waals surface area contributed by atoms with Crippen molar-refractivity contribution in [3.63, 3.8) is 0 Å². The first-order valence-corrected chi connectivity index (χ1v) is 7.44. The Morgan fingerprint density at radius 1 is 1.35 bits per heavy atom. The largest absolute Gasteiger partial charge is 0.493 e. The number of nitrogens with zero attached hydrogens (tertiary/aromatic N) is 2. The SMILES string of the molecule is COc1ccc(/C=N\Nc2nc(C)cs2)c(Br)c1OC. The predicted molar refractivity (Wildman–Crippen MR) is 85.3 cm³/mol. The lowest BCUT2D eigenvalue weighted by Crippen LogP contribution is -1.96. The fourth-order valence-corrected chi connectivity index (χ4v) is 2.80. The number of benzene rings is 1. The Kier molecular flexibility index (Phi) is 4.97. The van der Waals surface area contributed by atoms with Crippen molar-refractivity contribution in [2.75, 3.05) is 19.6 Å². The standard InChI is InChI=1S/C13H14BrN3O2S/c1-8-7-20-13(16-8)17-15-6-9-4-5-10(18-2)12(19-3)11(9)14/h4-7H,1-3H3,(H,16,17)/b15-6-. The monoisotopic (exact) mass is 355 g/mol. The summed E-state index contributed by atoms with van der Waals surface area (Å²) >= 11 is 5.00. The van der Waals surface area contributed by atoms with Gasteiger partial charge in [-0.05, 0) is 35.0 Å². The summed E-state index contributed by atoms with van der Waals surface area (Å²) in [6, 6.07) is 3.72. The molecule has 1 N–H and O–H groups in total. The van der Waals surface area contributed by atoms with Crippen LogP contribution in [0.25, 0.3) is 0 Å². The van der Waals surface area contributed by atoms with Crippen LogP contribution >= 0.6 is 27.3 Å². The Labute approximate surface area is 129 Å². The molecule has 1 aromatic heterocycles. The average Bonchev–Trinajstić information content (AvgIpc) is 2.86. The molecule has 0 fully saturated rings. The lowest BCUT2D eigenvalue weighted by Gasteiger charge is -2.10. The van der Waals surface area contributed by atoms with Gasteiger partial charge in [0.05, 0.1) is 30.6 Å². The van der Waals surface area contributed by atoms with E-state index in [1.165, 1.54) is 11.3 Å². The number of thiazole rings is 1. The minimum absolute atomic E-state index is 0.640. The quantitative estimate of drug-likeness (QED) is 0.656. The number of aryl methyl sites for hydroxylation is 1. The molecule has 7 heteroatoms. The molecule has 1 heterocycles. The van der Waals surface area contributed by atoms with Crippen LogP contribution in [0, 0.1) is 6.92 Å². The Balaban J connectivity index is 2.17. The first-order chi connectivity index (χ1) is 9.65. The molecule has 0 aliphatic heterocycles. The Morgan fingerprint density at radius 3 is 2.75 bits per heavy atom. The van der Waals surface area contributed by atoms with Crippen LogP contribution in [-0.4, -0.2) is 25.4 Å². The number of methoxy groups -OCH3 is 2. The molecule has 0 radical (unpaired) electrons. The van der Waals surface area contributed by atoms with Gasteiger partial charge in [0.2, 0.25) is 5.13 Å². The van der Waals surface area contributed by atoms with E-state index in [1.807, 2.05) is 24.4 Å². The fourth-order valence-electron chi connectivity index (χ4n) is 1.57. The normalized spacial score (nSPS) is 10.8. The molecule has 0 bridgehead atoms. The minimum Gasteiger partial charge on any atom is -0.493 e. The van der Waals surface area contributed by atoms with E-state index in [0.29, 0.717) is 11.5 Å². The molecule has 0 atom stereocenters. The van der Waals surface area contributed by atoms with Gasteiger partial charge < -0.3 is 9.47 Å². The van der Waals surface area contributed by atoms with E-state index in [9.17, 15) is 0 Å². The van der Waals surface area contributed by atoms with Crippen LogP contribution in [0.1, 0.15) is 11.3 Å². The van der Waals surface area contributed by atoms with Crippen LogP contribution in [0.15, 0.2) is 27.1 Å². The molecule has 1 aromatic carbocycles. The second-order valence-electron chi connectivity index (χ2n) is 3.87. The van der Waals surface area contributed by atoms with Gasteiger partial charge >= 0.3 is 0 Å². The molecular formula is C13H14BrN3O2S. The van der Waals surface area contributed by atoms with E-state index in [-0.39, 0.29) is 0 Å². The van der Waals surface area contributed by atoms with Crippen molar-refractivity contribution in [3.05, 3.63) is 33.2 Å². The lowest BCUT2D eigenvalue weighted by molar-refractivity contribution is 0.353. The van der Waals surface area contributed by atoms with Gasteiger partial charge in [0, 0.05) is 10.9 Å². The third-order valence-corrected chi connectivity index (χ3v) is 4.18. The zero-order chi connectivity index (χ0) is 14.5. The van der Waals surface area contributed by atoms with Gasteiger partial charge in [-0.1, -0.05) is 0 Å². The number of anilines is 1. The van der Waals surface area contributed by atoms with Crippen molar-refractivity contribution < 1.29 is 9.47 Å². The van der Waals surface area contributed by atoms with Crippen molar-refractivity contribution in [2.45, 2.75) is 6.92 Å². The Morgan fingerprint density at radius 2 is 2.15 bits per heavy atom. The topological polar surface area (TPSA) is 55.7 Å². The maximum Gasteiger partial charge on any atom is 0.203 e. The zero-order valence-corrected chi connectivity index (χ0v) is 13.7. The molecule has 0 aliphatic carbocycles. The van der Waals surface area contributed by atoms with Gasteiger partial charge in [0.15, 0.2) is 11.5 Å². The molecule has 106 valence electrons. The summed E-state index contributed by atoms with van der Waals surface area (Å²) in [6.07, 6.45) is 1.70. The smallest absolute Gasteiger partial charge is 0.203 e. The van der Waals surface area contributed by atoms with Crippen molar-refractivity contribution in [1.29, 1.82) is 0 Å². The maximum absolute atomic E-state index is 5.31. The lowest BCUT2D eigenvalue weighted by atomic mass is 10.2. The Bertz CT molecular complexity index is 628. The molecule has 5 nitrogen and oxygen atoms in total. The van der Waals surface area contributed by atoms with Gasteiger partial charge in [0.1, 0.15) is 0 Å². The van der Waals surface area contributed by atoms with Gasteiger partial charge in [-0.3, -0.25) is 5.43 Å². The zero-order valence-electron chi connectivity index (χ0n) is 11.3. The summed E-state index contributed by atoms with van der Waals surface area (Å²) in [5.74, 6) is 1.31. The third kappa shape index (κ3) is 3.29. The molecule has 0 aliphatic rings. The number of halogens is 1. The van der Waals surface area contributed by atoms with Crippen LogP contribution in [-0.2, 0) is 0 Å². The summed E-state index contributed by atoms with van der Waals surface area (Å²) < 4.78 is 11.3. The number of hydrogen-bond acceptors (Lipinski definition) is 6. The van der Waals surface area contributed by atoms with Crippen LogP contribution in [0.3, 0.4) is 0 Å². The number of hydrogen-bond donors (Lipinski definition) is 1. The molecule has 0 unspecified atom stereocenters. The predicted octanol–water partition coefficient (Wildman–Crippen LogP) is 3.68. The average molecular weight is 356 g/mol. The molecule has 0 saturated carbocycles. The fraction of sp³-hybridized carbons (Fsp3) is 0.231. The highest BCUT2D eigenvalue weighted by Crippen LogP contribution is 2.36. The van der Waals surface area contributed by atoms with Crippen molar-refractivity contribution in [2.24, 2.45) is 5.10 Å². The maximum atomic E-state index is 5.31. The highest BCUT2D eigenvalue weighted by Gasteiger charge is 2.11. The number of aromatic nitrogens is 1. The highest BCUT2D eigenvalue weighted by molar-refractivity contribution is 9.10. The second-order valence-corrected chi connectivity index (χ2v) is 5.52. The van der Waals surface area contributed by atoms with Crippen LogP contribution in [0.4, 0.5) is 5.13 Å². The first-order valence-electron chi connectivity index (χ1n) is 5.77. The van der Waals surface area contributed by atoms with Gasteiger partial charge in [-0.25, -0.2) is 4.98 Å². The summed E-state index contributed by atoms with van der Waals surface area (Å²) in [5.41, 5.74) is 4.74. The molecule has 2 rings (SSSR count). The van der Waals surface area contributed by atoms with E-state index in [2.05, 4.69) is 31.4 Å². The molecule has 20 heavy (non-hydrogen) atoms. The van der Waals surface area contributed by atoms with Crippen molar-refractivity contribution in [1.82, 2.24) is 4.98 Å². The van der Waals surface area contributed by atoms with Crippen molar-refractivity contribution >= 4 is 38.6 Å². The van der Waals surface area contributed by atoms with Crippen LogP contribution < -0.4 is 14.9 Å². The number of nitrogens with one attached hydrogen (secondary N) is 1. The number of rotatable bonds is 5. The third-order valence-electron chi connectivity index (χ3n) is 2.50. The van der Waals surface area contributed by atoms with Gasteiger partial charge in [0.25, 0.3) is 0 Å². The minimum atomic E-state index is 0.640. The molecular weight excluding hydrogens is 342 g/mol. The van der Waals surface area contributed by atoms with Crippen LogP contribution in [0.5, 0.6) is 11.5 Å². The van der Waals surface area contributed by atoms with E-state index in [4.69, 9.17) is 9.47 Å². The molecule has 0 saturated heterocycles. The van der Waals surface area contributed by atoms with E-state index in [1.54, 1.807) is 20.4 Å². The number of hydrazone groups is 1. The second kappa shape index (κ2) is 6.71. The van der Waals surface area contributed by atoms with E-state index >= 15 is 0 Å². The molecule has 0 spiro atoms. The summed E-state index contributed by atoms with van der Waals surface area (Å²) in [5, 5.41) is 6.89. The Hall–Kier alpha value is -1.60. The van der Waals surface area contributed by atoms with Gasteiger partial charge in [-0.15, -0.1) is 11.3 Å². The summed E-state index contributed by atoms with van der Waals surface area (Å²) in [6.45, 7) is 1.94. The van der Waals surface area contributed by atoms with Crippen LogP contribution in [0.2, 0.25) is 0 Å². The van der Waals surface area contributed by atoms with E-state index < -0.39 is 0 Å². The van der Waals surface area contributed by atoms with Crippen molar-refractivity contribution in [3.8, 4) is 11.5 Å². The highest BCUT2D eigenvalue weighted by atomic mass is 79.9. The first kappa shape index (κ1) is 14.8. The van der Waals surface area contributed by atoms with E-state index in [0.717, 1.165) is 20.9 Å². The van der Waals surface area contributed by atoms with Gasteiger partial charge in [-0.2, -0.15) is 5.10 Å². The molecule has 2 aromatic rings. The molecule has 0 amide bonds. The summed E-state index contributed by atoms with van der Waals surface area (Å²) in [4.78, 5) is 4.26. The summed E-state index contributed by atoms with van der Waals surface area (Å²) in [7, 11) is 3.20. The number of ether oxygens (including phenoxy) is 2.